The van der Waals surface area contributed by atoms with Crippen LogP contribution in [-0.2, 0) is 9.84 Å². The van der Waals surface area contributed by atoms with Crippen LogP contribution in [0.3, 0.4) is 0 Å². The van der Waals surface area contributed by atoms with Crippen LogP contribution < -0.4 is 5.32 Å². The molecule has 0 saturated heterocycles. The van der Waals surface area contributed by atoms with Crippen molar-refractivity contribution in [1.82, 2.24) is 10.2 Å². The second-order valence-corrected chi connectivity index (χ2v) is 10.7. The number of sulfone groups is 1. The minimum atomic E-state index is -3.74. The Labute approximate surface area is 223 Å². The van der Waals surface area contributed by atoms with E-state index in [-0.39, 0.29) is 16.0 Å². The number of nitrogens with zero attached hydrogens (tertiary/aromatic N) is 1. The van der Waals surface area contributed by atoms with Gasteiger partial charge in [0, 0.05) is 27.6 Å². The van der Waals surface area contributed by atoms with Crippen molar-refractivity contribution in [2.75, 3.05) is 5.32 Å². The number of hydrogen-bond donors (Lipinski definition) is 2. The van der Waals surface area contributed by atoms with E-state index < -0.39 is 21.6 Å². The molecule has 0 bridgehead atoms. The fourth-order valence-corrected chi connectivity index (χ4v) is 5.46. The highest BCUT2D eigenvalue weighted by Crippen LogP contribution is 2.34. The van der Waals surface area contributed by atoms with Gasteiger partial charge in [0.25, 0.3) is 5.91 Å². The van der Waals surface area contributed by atoms with Gasteiger partial charge in [-0.25, -0.2) is 12.8 Å². The maximum absolute atomic E-state index is 14.1. The third kappa shape index (κ3) is 4.96. The fourth-order valence-electron chi connectivity index (χ4n) is 4.20. The monoisotopic (exact) mass is 545 g/mol. The second kappa shape index (κ2) is 10.2. The quantitative estimate of drug-likeness (QED) is 0.235. The Hall–Kier alpha value is -4.27. The second-order valence-electron chi connectivity index (χ2n) is 8.50. The molecule has 190 valence electrons. The summed E-state index contributed by atoms with van der Waals surface area (Å²) < 4.78 is 39.4. The molecule has 1 heterocycles. The van der Waals surface area contributed by atoms with E-state index in [4.69, 9.17) is 11.6 Å². The van der Waals surface area contributed by atoms with Gasteiger partial charge in [-0.1, -0.05) is 48.0 Å². The highest BCUT2D eigenvalue weighted by Gasteiger charge is 2.20. The predicted octanol–water partition coefficient (Wildman–Crippen LogP) is 7.25. The summed E-state index contributed by atoms with van der Waals surface area (Å²) in [5.41, 5.74) is 3.39. The molecule has 6 nitrogen and oxygen atoms in total. The number of aromatic nitrogens is 2. The first-order valence-corrected chi connectivity index (χ1v) is 13.5. The van der Waals surface area contributed by atoms with E-state index >= 15 is 0 Å². The van der Waals surface area contributed by atoms with Gasteiger partial charge >= 0.3 is 0 Å². The number of H-pyrrole nitrogens is 1. The third-order valence-corrected chi connectivity index (χ3v) is 7.84. The number of aromatic amines is 1. The number of fused-ring (bicyclic) bond motifs is 1. The molecule has 0 aliphatic carbocycles. The minimum Gasteiger partial charge on any atom is -0.322 e. The molecule has 1 aromatic heterocycles. The molecule has 0 saturated carbocycles. The van der Waals surface area contributed by atoms with E-state index in [1.54, 1.807) is 31.2 Å². The highest BCUT2D eigenvalue weighted by atomic mass is 35.5. The standard InChI is InChI=1S/C29H21ClFN3O3S/c1-2-14-38(36,37)21-11-12-22(24(17-21)18-6-5-7-19(31)15-18)29(35)32-20-10-13-26(30)25(16-20)28-23-8-3-4-9-27(23)33-34-28/h2-17H,1H3,(H,32,35)(H,33,34)/b14-2+. The molecule has 1 amide bonds. The minimum absolute atomic E-state index is 0.00870. The summed E-state index contributed by atoms with van der Waals surface area (Å²) >= 11 is 6.48. The Morgan fingerprint density at radius 3 is 2.58 bits per heavy atom. The Balaban J connectivity index is 1.55. The van der Waals surface area contributed by atoms with Crippen LogP contribution in [0, 0.1) is 5.82 Å². The zero-order valence-corrected chi connectivity index (χ0v) is 21.6. The smallest absolute Gasteiger partial charge is 0.256 e. The van der Waals surface area contributed by atoms with Gasteiger partial charge in [0.15, 0.2) is 9.84 Å². The van der Waals surface area contributed by atoms with Crippen LogP contribution >= 0.6 is 11.6 Å². The number of amides is 1. The molecule has 0 aliphatic rings. The summed E-state index contributed by atoms with van der Waals surface area (Å²) in [7, 11) is -3.74. The SMILES string of the molecule is C/C=C/S(=O)(=O)c1ccc(C(=O)Nc2ccc(Cl)c(-c3n[nH]c4ccccc34)c2)c(-c2cccc(F)c2)c1. The Morgan fingerprint density at radius 1 is 0.974 bits per heavy atom. The van der Waals surface area contributed by atoms with Gasteiger partial charge in [0.2, 0.25) is 0 Å². The number of benzene rings is 4. The van der Waals surface area contributed by atoms with Crippen LogP contribution in [0.15, 0.2) is 101 Å². The molecule has 0 spiro atoms. The Bertz CT molecular complexity index is 1830. The van der Waals surface area contributed by atoms with Crippen LogP contribution in [0.25, 0.3) is 33.3 Å². The normalized spacial score (nSPS) is 11.8. The molecule has 4 aromatic carbocycles. The topological polar surface area (TPSA) is 91.9 Å². The molecule has 5 rings (SSSR count). The van der Waals surface area contributed by atoms with Crippen molar-refractivity contribution >= 4 is 43.9 Å². The molecule has 0 fully saturated rings. The number of rotatable bonds is 6. The molecule has 0 aliphatic heterocycles. The van der Waals surface area contributed by atoms with E-state index in [2.05, 4.69) is 15.5 Å². The number of halogens is 2. The molecular formula is C29H21ClFN3O3S. The van der Waals surface area contributed by atoms with Gasteiger partial charge in [-0.3, -0.25) is 9.89 Å². The molecule has 0 unspecified atom stereocenters. The maximum Gasteiger partial charge on any atom is 0.256 e. The van der Waals surface area contributed by atoms with Crippen LogP contribution in [0.4, 0.5) is 10.1 Å². The lowest BCUT2D eigenvalue weighted by molar-refractivity contribution is 0.102. The van der Waals surface area contributed by atoms with E-state index in [1.807, 2.05) is 24.3 Å². The first-order chi connectivity index (χ1) is 18.3. The summed E-state index contributed by atoms with van der Waals surface area (Å²) in [5.74, 6) is -1.01. The number of carbonyl (C=O) groups is 1. The molecule has 0 atom stereocenters. The van der Waals surface area contributed by atoms with Crippen molar-refractivity contribution in [2.45, 2.75) is 11.8 Å². The van der Waals surface area contributed by atoms with Crippen molar-refractivity contribution in [3.05, 3.63) is 113 Å². The highest BCUT2D eigenvalue weighted by molar-refractivity contribution is 7.94. The molecular weight excluding hydrogens is 525 g/mol. The molecule has 9 heteroatoms. The van der Waals surface area contributed by atoms with Crippen molar-refractivity contribution < 1.29 is 17.6 Å². The number of anilines is 1. The molecule has 38 heavy (non-hydrogen) atoms. The van der Waals surface area contributed by atoms with Crippen molar-refractivity contribution in [1.29, 1.82) is 0 Å². The lowest BCUT2D eigenvalue weighted by atomic mass is 9.99. The van der Waals surface area contributed by atoms with E-state index in [0.717, 1.165) is 16.3 Å². The first-order valence-electron chi connectivity index (χ1n) is 11.6. The van der Waals surface area contributed by atoms with E-state index in [0.29, 0.717) is 27.5 Å². The number of carbonyl (C=O) groups excluding carboxylic acids is 1. The Kier molecular flexibility index (Phi) is 6.84. The molecule has 0 radical (unpaired) electrons. The van der Waals surface area contributed by atoms with Gasteiger partial charge in [0.05, 0.1) is 15.4 Å². The van der Waals surface area contributed by atoms with Gasteiger partial charge in [-0.15, -0.1) is 0 Å². The molecule has 2 N–H and O–H groups in total. The predicted molar refractivity (Wildman–Crippen MR) is 148 cm³/mol. The van der Waals surface area contributed by atoms with Crippen molar-refractivity contribution in [3.8, 4) is 22.4 Å². The fraction of sp³-hybridized carbons (Fsp3) is 0.0345. The van der Waals surface area contributed by atoms with E-state index in [1.165, 1.54) is 42.5 Å². The zero-order valence-electron chi connectivity index (χ0n) is 20.1. The summed E-state index contributed by atoms with van der Waals surface area (Å²) in [5, 5.41) is 12.6. The van der Waals surface area contributed by atoms with Crippen LogP contribution in [0.2, 0.25) is 5.02 Å². The summed E-state index contributed by atoms with van der Waals surface area (Å²) in [6.07, 6.45) is 1.42. The number of para-hydroxylation sites is 1. The Morgan fingerprint density at radius 2 is 1.79 bits per heavy atom. The van der Waals surface area contributed by atoms with Crippen molar-refractivity contribution in [3.63, 3.8) is 0 Å². The average molecular weight is 546 g/mol. The van der Waals surface area contributed by atoms with Gasteiger partial charge in [-0.05, 0) is 72.6 Å². The van der Waals surface area contributed by atoms with Crippen LogP contribution in [-0.4, -0.2) is 24.5 Å². The summed E-state index contributed by atoms with van der Waals surface area (Å²) in [6, 6.07) is 22.5. The first kappa shape index (κ1) is 25.4. The number of allylic oxidation sites excluding steroid dienone is 1. The van der Waals surface area contributed by atoms with Crippen LogP contribution in [0.5, 0.6) is 0 Å². The van der Waals surface area contributed by atoms with Gasteiger partial charge in [-0.2, -0.15) is 5.10 Å². The number of nitrogens with one attached hydrogen (secondary N) is 2. The summed E-state index contributed by atoms with van der Waals surface area (Å²) in [6.45, 7) is 1.60. The zero-order chi connectivity index (χ0) is 26.9. The largest absolute Gasteiger partial charge is 0.322 e. The van der Waals surface area contributed by atoms with E-state index in [9.17, 15) is 17.6 Å². The van der Waals surface area contributed by atoms with Crippen molar-refractivity contribution in [2.24, 2.45) is 0 Å². The lowest BCUT2D eigenvalue weighted by Crippen LogP contribution is -2.14. The number of hydrogen-bond acceptors (Lipinski definition) is 4. The molecule has 5 aromatic rings. The maximum atomic E-state index is 14.1. The van der Waals surface area contributed by atoms with Gasteiger partial charge < -0.3 is 5.32 Å². The van der Waals surface area contributed by atoms with Crippen LogP contribution in [0.1, 0.15) is 17.3 Å². The third-order valence-electron chi connectivity index (χ3n) is 5.96. The van der Waals surface area contributed by atoms with Gasteiger partial charge in [0.1, 0.15) is 11.5 Å². The lowest BCUT2D eigenvalue weighted by Gasteiger charge is -2.13. The average Bonchev–Trinajstić information content (AvgIpc) is 3.33. The summed E-state index contributed by atoms with van der Waals surface area (Å²) in [4.78, 5) is 13.4.